The number of rotatable bonds is 6. The van der Waals surface area contributed by atoms with Gasteiger partial charge in [0.15, 0.2) is 0 Å². The van der Waals surface area contributed by atoms with Crippen molar-refractivity contribution in [1.29, 1.82) is 0 Å². The Labute approximate surface area is 163 Å². The van der Waals surface area contributed by atoms with Gasteiger partial charge in [-0.05, 0) is 48.9 Å². The third-order valence-corrected chi connectivity index (χ3v) is 3.91. The fraction of sp³-hybridized carbons (Fsp3) is 0.158. The number of carbonyl (C=O) groups is 2. The smallest absolute Gasteiger partial charge is 0.251 e. The number of carbonyl (C=O) groups excluding carboxylic acids is 2. The number of amides is 2. The van der Waals surface area contributed by atoms with E-state index in [9.17, 15) is 9.59 Å². The summed E-state index contributed by atoms with van der Waals surface area (Å²) in [6, 6.07) is 14.5. The van der Waals surface area contributed by atoms with Gasteiger partial charge in [0.2, 0.25) is 5.91 Å². The number of fused-ring (bicyclic) bond motifs is 1. The van der Waals surface area contributed by atoms with E-state index in [4.69, 9.17) is 5.73 Å². The maximum Gasteiger partial charge on any atom is 0.251 e. The molecule has 0 aliphatic rings. The topological polar surface area (TPSA) is 132 Å². The Morgan fingerprint density at radius 3 is 2.52 bits per heavy atom. The fourth-order valence-corrected chi connectivity index (χ4v) is 2.67. The van der Waals surface area contributed by atoms with Crippen molar-refractivity contribution in [1.82, 2.24) is 10.3 Å². The number of hydrogen-bond acceptors (Lipinski definition) is 3. The van der Waals surface area contributed by atoms with Gasteiger partial charge >= 0.3 is 0 Å². The van der Waals surface area contributed by atoms with E-state index in [2.05, 4.69) is 15.6 Å². The Balaban J connectivity index is 0.00000182. The SMILES string of the molecule is Cl.NCCc1c[nH]c2ccc(C(=O)NCC(=O)Nc3ccccc3)cc12.O. The Morgan fingerprint density at radius 1 is 1.07 bits per heavy atom. The standard InChI is InChI=1S/C19H20N4O2.ClH.H2O/c20-9-8-14-11-21-17-7-6-13(10-16(14)17)19(25)22-12-18(24)23-15-4-2-1-3-5-15;;/h1-7,10-11,21H,8-9,12,20H2,(H,22,25)(H,23,24);1H;1H2. The first-order valence-electron chi connectivity index (χ1n) is 8.10. The van der Waals surface area contributed by atoms with Crippen LogP contribution in [0.2, 0.25) is 0 Å². The van der Waals surface area contributed by atoms with E-state index in [1.165, 1.54) is 0 Å². The van der Waals surface area contributed by atoms with E-state index >= 15 is 0 Å². The molecule has 0 bridgehead atoms. The van der Waals surface area contributed by atoms with Crippen LogP contribution in [0.25, 0.3) is 10.9 Å². The fourth-order valence-electron chi connectivity index (χ4n) is 2.67. The summed E-state index contributed by atoms with van der Waals surface area (Å²) in [6.45, 7) is 0.456. The van der Waals surface area contributed by atoms with Gasteiger partial charge in [-0.15, -0.1) is 12.4 Å². The van der Waals surface area contributed by atoms with Gasteiger partial charge in [0.1, 0.15) is 0 Å². The molecule has 7 N–H and O–H groups in total. The largest absolute Gasteiger partial charge is 0.412 e. The zero-order valence-electron chi connectivity index (χ0n) is 14.6. The molecular formula is C19H23ClN4O3. The average molecular weight is 391 g/mol. The summed E-state index contributed by atoms with van der Waals surface area (Å²) in [5, 5.41) is 6.35. The molecule has 0 fully saturated rings. The molecule has 1 heterocycles. The molecule has 0 aliphatic carbocycles. The predicted molar refractivity (Wildman–Crippen MR) is 109 cm³/mol. The summed E-state index contributed by atoms with van der Waals surface area (Å²) in [7, 11) is 0. The average Bonchev–Trinajstić information content (AvgIpc) is 3.03. The van der Waals surface area contributed by atoms with Crippen LogP contribution in [0.15, 0.2) is 54.7 Å². The maximum atomic E-state index is 12.3. The Hall–Kier alpha value is -2.87. The normalized spacial score (nSPS) is 9.81. The van der Waals surface area contributed by atoms with Crippen molar-refractivity contribution in [3.05, 3.63) is 65.9 Å². The molecule has 0 saturated heterocycles. The summed E-state index contributed by atoms with van der Waals surface area (Å²) in [5.74, 6) is -0.559. The molecule has 8 heteroatoms. The van der Waals surface area contributed by atoms with Crippen molar-refractivity contribution >= 4 is 40.8 Å². The first kappa shape index (κ1) is 22.2. The molecule has 0 aliphatic heterocycles. The van der Waals surface area contributed by atoms with Crippen molar-refractivity contribution in [2.45, 2.75) is 6.42 Å². The number of halogens is 1. The summed E-state index contributed by atoms with van der Waals surface area (Å²) in [6.07, 6.45) is 2.65. The lowest BCUT2D eigenvalue weighted by molar-refractivity contribution is -0.115. The van der Waals surface area contributed by atoms with Gasteiger partial charge in [-0.2, -0.15) is 0 Å². The van der Waals surface area contributed by atoms with Crippen LogP contribution in [-0.2, 0) is 11.2 Å². The number of para-hydroxylation sites is 1. The van der Waals surface area contributed by atoms with Gasteiger partial charge < -0.3 is 26.8 Å². The molecule has 3 aromatic rings. The summed E-state index contributed by atoms with van der Waals surface area (Å²) in [4.78, 5) is 27.4. The molecule has 7 nitrogen and oxygen atoms in total. The molecule has 2 aromatic carbocycles. The monoisotopic (exact) mass is 390 g/mol. The van der Waals surface area contributed by atoms with Crippen LogP contribution in [0.1, 0.15) is 15.9 Å². The highest BCUT2D eigenvalue weighted by molar-refractivity contribution is 6.01. The van der Waals surface area contributed by atoms with Crippen molar-refractivity contribution in [3.8, 4) is 0 Å². The second kappa shape index (κ2) is 10.3. The highest BCUT2D eigenvalue weighted by atomic mass is 35.5. The van der Waals surface area contributed by atoms with Crippen LogP contribution in [0.5, 0.6) is 0 Å². The second-order valence-corrected chi connectivity index (χ2v) is 5.71. The predicted octanol–water partition coefficient (Wildman–Crippen LogP) is 1.63. The van der Waals surface area contributed by atoms with Crippen LogP contribution >= 0.6 is 12.4 Å². The van der Waals surface area contributed by atoms with Crippen LogP contribution in [0.4, 0.5) is 5.69 Å². The number of benzene rings is 2. The lowest BCUT2D eigenvalue weighted by Crippen LogP contribution is -2.32. The highest BCUT2D eigenvalue weighted by Crippen LogP contribution is 2.20. The van der Waals surface area contributed by atoms with E-state index in [1.54, 1.807) is 18.2 Å². The summed E-state index contributed by atoms with van der Waals surface area (Å²) in [5.41, 5.74) is 8.86. The van der Waals surface area contributed by atoms with E-state index in [1.807, 2.05) is 36.5 Å². The molecule has 0 atom stereocenters. The molecule has 2 amide bonds. The highest BCUT2D eigenvalue weighted by Gasteiger charge is 2.11. The van der Waals surface area contributed by atoms with E-state index in [-0.39, 0.29) is 36.2 Å². The van der Waals surface area contributed by atoms with Crippen molar-refractivity contribution in [3.63, 3.8) is 0 Å². The number of aromatic amines is 1. The number of H-pyrrole nitrogens is 1. The van der Waals surface area contributed by atoms with Crippen LogP contribution in [0.3, 0.4) is 0 Å². The van der Waals surface area contributed by atoms with Gasteiger partial charge in [-0.3, -0.25) is 9.59 Å². The van der Waals surface area contributed by atoms with Crippen molar-refractivity contribution < 1.29 is 15.1 Å². The third-order valence-electron chi connectivity index (χ3n) is 3.91. The quantitative estimate of drug-likeness (QED) is 0.510. The Morgan fingerprint density at radius 2 is 1.81 bits per heavy atom. The number of hydrogen-bond donors (Lipinski definition) is 4. The van der Waals surface area contributed by atoms with Gasteiger partial charge in [-0.1, -0.05) is 18.2 Å². The number of aromatic nitrogens is 1. The number of nitrogens with two attached hydrogens (primary N) is 1. The van der Waals surface area contributed by atoms with E-state index in [0.29, 0.717) is 17.8 Å². The van der Waals surface area contributed by atoms with Gasteiger partial charge in [0.25, 0.3) is 5.91 Å². The molecule has 27 heavy (non-hydrogen) atoms. The van der Waals surface area contributed by atoms with Crippen LogP contribution < -0.4 is 16.4 Å². The first-order chi connectivity index (χ1) is 12.2. The number of anilines is 1. The molecule has 1 aromatic heterocycles. The van der Waals surface area contributed by atoms with E-state index in [0.717, 1.165) is 22.9 Å². The lowest BCUT2D eigenvalue weighted by atomic mass is 10.1. The molecule has 0 spiro atoms. The Kier molecular flexibility index (Phi) is 8.47. The molecule has 0 unspecified atom stereocenters. The van der Waals surface area contributed by atoms with Crippen molar-refractivity contribution in [2.75, 3.05) is 18.4 Å². The maximum absolute atomic E-state index is 12.3. The minimum absolute atomic E-state index is 0. The minimum Gasteiger partial charge on any atom is -0.412 e. The number of nitrogens with one attached hydrogen (secondary N) is 3. The van der Waals surface area contributed by atoms with E-state index < -0.39 is 0 Å². The molecule has 3 rings (SSSR count). The Bertz CT molecular complexity index is 896. The third kappa shape index (κ3) is 5.55. The van der Waals surface area contributed by atoms with Crippen molar-refractivity contribution in [2.24, 2.45) is 5.73 Å². The summed E-state index contributed by atoms with van der Waals surface area (Å²) >= 11 is 0. The second-order valence-electron chi connectivity index (χ2n) is 5.71. The first-order valence-corrected chi connectivity index (χ1v) is 8.10. The van der Waals surface area contributed by atoms with Crippen LogP contribution in [0, 0.1) is 0 Å². The molecule has 0 radical (unpaired) electrons. The lowest BCUT2D eigenvalue weighted by Gasteiger charge is -2.07. The van der Waals surface area contributed by atoms with Gasteiger partial charge in [-0.25, -0.2) is 0 Å². The zero-order valence-corrected chi connectivity index (χ0v) is 15.4. The molecule has 0 saturated carbocycles. The zero-order chi connectivity index (χ0) is 17.6. The van der Waals surface area contributed by atoms with Crippen LogP contribution in [-0.4, -0.2) is 35.4 Å². The molecule has 144 valence electrons. The van der Waals surface area contributed by atoms with Gasteiger partial charge in [0, 0.05) is 28.4 Å². The minimum atomic E-state index is -0.287. The van der Waals surface area contributed by atoms with Gasteiger partial charge in [0.05, 0.1) is 6.54 Å². The summed E-state index contributed by atoms with van der Waals surface area (Å²) < 4.78 is 0. The molecular weight excluding hydrogens is 368 g/mol.